The standard InChI is InChI=1S/C12H15BrN4O2/c1-7-9(13)10(17(2)16-7)12-15-14-11(19-12)8-4-3-5-18-6-8/h8H,3-6H2,1-2H3. The molecular formula is C12H15BrN4O2. The van der Waals surface area contributed by atoms with E-state index in [2.05, 4.69) is 31.2 Å². The lowest BCUT2D eigenvalue weighted by Gasteiger charge is -2.18. The van der Waals surface area contributed by atoms with E-state index in [0.29, 0.717) is 18.4 Å². The summed E-state index contributed by atoms with van der Waals surface area (Å²) in [7, 11) is 1.86. The monoisotopic (exact) mass is 326 g/mol. The Morgan fingerprint density at radius 1 is 1.37 bits per heavy atom. The smallest absolute Gasteiger partial charge is 0.267 e. The second-order valence-electron chi connectivity index (χ2n) is 4.73. The molecule has 7 heteroatoms. The first-order chi connectivity index (χ1) is 9.16. The van der Waals surface area contributed by atoms with Gasteiger partial charge in [0, 0.05) is 13.7 Å². The lowest BCUT2D eigenvalue weighted by molar-refractivity contribution is 0.0727. The van der Waals surface area contributed by atoms with Crippen molar-refractivity contribution < 1.29 is 9.15 Å². The maximum absolute atomic E-state index is 5.79. The number of nitrogens with zero attached hydrogens (tertiary/aromatic N) is 4. The number of aryl methyl sites for hydroxylation is 2. The largest absolute Gasteiger partial charge is 0.419 e. The normalized spacial score (nSPS) is 19.8. The van der Waals surface area contributed by atoms with Crippen molar-refractivity contribution in [2.45, 2.75) is 25.7 Å². The molecule has 0 radical (unpaired) electrons. The van der Waals surface area contributed by atoms with Crippen LogP contribution in [0.2, 0.25) is 0 Å². The lowest BCUT2D eigenvalue weighted by atomic mass is 10.0. The van der Waals surface area contributed by atoms with E-state index in [1.54, 1.807) is 4.68 Å². The highest BCUT2D eigenvalue weighted by atomic mass is 79.9. The summed E-state index contributed by atoms with van der Waals surface area (Å²) in [6.07, 6.45) is 2.07. The summed E-state index contributed by atoms with van der Waals surface area (Å²) in [5, 5.41) is 12.6. The summed E-state index contributed by atoms with van der Waals surface area (Å²) >= 11 is 3.51. The summed E-state index contributed by atoms with van der Waals surface area (Å²) in [6, 6.07) is 0. The molecule has 1 saturated heterocycles. The van der Waals surface area contributed by atoms with E-state index in [4.69, 9.17) is 9.15 Å². The molecule has 1 fully saturated rings. The van der Waals surface area contributed by atoms with E-state index in [9.17, 15) is 0 Å². The van der Waals surface area contributed by atoms with Gasteiger partial charge in [0.1, 0.15) is 5.69 Å². The van der Waals surface area contributed by atoms with Crippen LogP contribution < -0.4 is 0 Å². The first-order valence-corrected chi connectivity index (χ1v) is 7.06. The van der Waals surface area contributed by atoms with E-state index in [1.165, 1.54) is 0 Å². The SMILES string of the molecule is Cc1nn(C)c(-c2nnc(C3CCCOC3)o2)c1Br. The summed E-state index contributed by atoms with van der Waals surface area (Å²) < 4.78 is 13.9. The molecule has 0 amide bonds. The van der Waals surface area contributed by atoms with E-state index < -0.39 is 0 Å². The van der Waals surface area contributed by atoms with Gasteiger partial charge in [-0.3, -0.25) is 4.68 Å². The number of hydrogen-bond donors (Lipinski definition) is 0. The van der Waals surface area contributed by atoms with Crippen LogP contribution in [0.3, 0.4) is 0 Å². The highest BCUT2D eigenvalue weighted by Gasteiger charge is 2.24. The van der Waals surface area contributed by atoms with Crippen molar-refractivity contribution >= 4 is 15.9 Å². The Morgan fingerprint density at radius 2 is 2.21 bits per heavy atom. The fourth-order valence-electron chi connectivity index (χ4n) is 2.30. The molecule has 19 heavy (non-hydrogen) atoms. The van der Waals surface area contributed by atoms with Crippen molar-refractivity contribution in [3.63, 3.8) is 0 Å². The number of halogens is 1. The Bertz CT molecular complexity index is 587. The van der Waals surface area contributed by atoms with Crippen LogP contribution in [-0.2, 0) is 11.8 Å². The van der Waals surface area contributed by atoms with E-state index in [1.807, 2.05) is 14.0 Å². The Kier molecular flexibility index (Phi) is 3.40. The zero-order valence-electron chi connectivity index (χ0n) is 10.9. The molecular weight excluding hydrogens is 312 g/mol. The summed E-state index contributed by atoms with van der Waals surface area (Å²) in [4.78, 5) is 0. The quantitative estimate of drug-likeness (QED) is 0.847. The van der Waals surface area contributed by atoms with Crippen LogP contribution in [0.25, 0.3) is 11.6 Å². The zero-order chi connectivity index (χ0) is 13.4. The van der Waals surface area contributed by atoms with Crippen LogP contribution in [0, 0.1) is 6.92 Å². The minimum atomic E-state index is 0.211. The zero-order valence-corrected chi connectivity index (χ0v) is 12.5. The first-order valence-electron chi connectivity index (χ1n) is 6.27. The molecule has 3 heterocycles. The van der Waals surface area contributed by atoms with Crippen LogP contribution >= 0.6 is 15.9 Å². The highest BCUT2D eigenvalue weighted by Crippen LogP contribution is 2.32. The molecule has 1 aliphatic heterocycles. The lowest BCUT2D eigenvalue weighted by Crippen LogP contribution is -2.15. The average molecular weight is 327 g/mol. The molecule has 0 saturated carbocycles. The van der Waals surface area contributed by atoms with Crippen LogP contribution in [0.15, 0.2) is 8.89 Å². The van der Waals surface area contributed by atoms with Crippen molar-refractivity contribution in [3.05, 3.63) is 16.1 Å². The Morgan fingerprint density at radius 3 is 2.84 bits per heavy atom. The molecule has 1 atom stereocenters. The van der Waals surface area contributed by atoms with E-state index in [0.717, 1.165) is 35.3 Å². The number of aromatic nitrogens is 4. The van der Waals surface area contributed by atoms with Gasteiger partial charge in [-0.1, -0.05) is 0 Å². The first kappa shape index (κ1) is 12.8. The molecule has 0 spiro atoms. The molecule has 102 valence electrons. The van der Waals surface area contributed by atoms with Crippen molar-refractivity contribution in [2.24, 2.45) is 7.05 Å². The topological polar surface area (TPSA) is 66.0 Å². The third-order valence-electron chi connectivity index (χ3n) is 3.30. The molecule has 2 aromatic rings. The van der Waals surface area contributed by atoms with Gasteiger partial charge < -0.3 is 9.15 Å². The molecule has 6 nitrogen and oxygen atoms in total. The summed E-state index contributed by atoms with van der Waals surface area (Å²) in [5.41, 5.74) is 1.71. The van der Waals surface area contributed by atoms with Crippen molar-refractivity contribution in [2.75, 3.05) is 13.2 Å². The minimum Gasteiger partial charge on any atom is -0.419 e. The van der Waals surface area contributed by atoms with Gasteiger partial charge in [0.25, 0.3) is 5.89 Å². The van der Waals surface area contributed by atoms with E-state index >= 15 is 0 Å². The maximum atomic E-state index is 5.79. The van der Waals surface area contributed by atoms with E-state index in [-0.39, 0.29) is 5.92 Å². The van der Waals surface area contributed by atoms with Crippen LogP contribution in [0.5, 0.6) is 0 Å². The van der Waals surface area contributed by atoms with Gasteiger partial charge in [-0.15, -0.1) is 10.2 Å². The Balaban J connectivity index is 1.92. The second kappa shape index (κ2) is 5.05. The van der Waals surface area contributed by atoms with Gasteiger partial charge in [0.2, 0.25) is 5.89 Å². The fourth-order valence-corrected chi connectivity index (χ4v) is 2.80. The molecule has 0 aliphatic carbocycles. The molecule has 3 rings (SSSR count). The molecule has 2 aromatic heterocycles. The van der Waals surface area contributed by atoms with Gasteiger partial charge in [-0.2, -0.15) is 5.10 Å². The van der Waals surface area contributed by atoms with Gasteiger partial charge in [-0.05, 0) is 35.7 Å². The molecule has 1 unspecified atom stereocenters. The second-order valence-corrected chi connectivity index (χ2v) is 5.52. The van der Waals surface area contributed by atoms with Gasteiger partial charge in [0.05, 0.1) is 22.7 Å². The molecule has 0 aromatic carbocycles. The van der Waals surface area contributed by atoms with Gasteiger partial charge in [-0.25, -0.2) is 0 Å². The summed E-state index contributed by atoms with van der Waals surface area (Å²) in [5.74, 6) is 1.36. The molecule has 0 N–H and O–H groups in total. The Labute approximate surface area is 119 Å². The third-order valence-corrected chi connectivity index (χ3v) is 4.25. The van der Waals surface area contributed by atoms with Gasteiger partial charge in [0.15, 0.2) is 0 Å². The summed E-state index contributed by atoms with van der Waals surface area (Å²) in [6.45, 7) is 3.41. The minimum absolute atomic E-state index is 0.211. The predicted molar refractivity (Wildman–Crippen MR) is 71.7 cm³/mol. The van der Waals surface area contributed by atoms with Crippen molar-refractivity contribution in [3.8, 4) is 11.6 Å². The Hall–Kier alpha value is -1.21. The van der Waals surface area contributed by atoms with Crippen molar-refractivity contribution in [1.82, 2.24) is 20.0 Å². The molecule has 1 aliphatic rings. The van der Waals surface area contributed by atoms with Gasteiger partial charge >= 0.3 is 0 Å². The number of rotatable bonds is 2. The van der Waals surface area contributed by atoms with Crippen molar-refractivity contribution in [1.29, 1.82) is 0 Å². The average Bonchev–Trinajstić information content (AvgIpc) is 2.97. The number of hydrogen-bond acceptors (Lipinski definition) is 5. The third kappa shape index (κ3) is 2.32. The van der Waals surface area contributed by atoms with Crippen LogP contribution in [-0.4, -0.2) is 33.2 Å². The predicted octanol–water partition coefficient (Wildman–Crippen LogP) is 2.44. The fraction of sp³-hybridized carbons (Fsp3) is 0.583. The van der Waals surface area contributed by atoms with Crippen LogP contribution in [0.1, 0.15) is 30.3 Å². The highest BCUT2D eigenvalue weighted by molar-refractivity contribution is 9.10. The maximum Gasteiger partial charge on any atom is 0.267 e. The van der Waals surface area contributed by atoms with Crippen LogP contribution in [0.4, 0.5) is 0 Å². The molecule has 0 bridgehead atoms. The number of ether oxygens (including phenoxy) is 1.